The molecule has 0 aliphatic carbocycles. The van der Waals surface area contributed by atoms with E-state index in [1.165, 1.54) is 11.8 Å². The molecule has 1 heterocycles. The second kappa shape index (κ2) is 3.67. The van der Waals surface area contributed by atoms with Crippen LogP contribution < -0.4 is 4.90 Å². The van der Waals surface area contributed by atoms with Crippen LogP contribution in [0.2, 0.25) is 0 Å². The highest BCUT2D eigenvalue weighted by molar-refractivity contribution is 9.10. The van der Waals surface area contributed by atoms with Gasteiger partial charge in [0, 0.05) is 24.6 Å². The quantitative estimate of drug-likeness (QED) is 0.735. The number of amides is 1. The topological polar surface area (TPSA) is 33.2 Å². The van der Waals surface area contributed by atoms with Crippen LogP contribution in [0.4, 0.5) is 5.82 Å². The summed E-state index contributed by atoms with van der Waals surface area (Å²) in [5.74, 6) is 0.623. The molecule has 1 aromatic rings. The number of aromatic nitrogens is 1. The van der Waals surface area contributed by atoms with Gasteiger partial charge in [-0.2, -0.15) is 0 Å². The van der Waals surface area contributed by atoms with Crippen molar-refractivity contribution < 1.29 is 4.79 Å². The Hall–Kier alpha value is -0.900. The smallest absolute Gasteiger partial charge is 0.224 e. The van der Waals surface area contributed by atoms with Crippen molar-refractivity contribution in [1.29, 1.82) is 0 Å². The average Bonchev–Trinajstić information content (AvgIpc) is 2.03. The van der Waals surface area contributed by atoms with Crippen molar-refractivity contribution in [2.75, 3.05) is 11.9 Å². The molecule has 3 nitrogen and oxygen atoms in total. The molecule has 0 unspecified atom stereocenters. The molecule has 0 atom stereocenters. The van der Waals surface area contributed by atoms with Gasteiger partial charge in [0.15, 0.2) is 0 Å². The lowest BCUT2D eigenvalue weighted by Crippen LogP contribution is -2.23. The summed E-state index contributed by atoms with van der Waals surface area (Å²) in [4.78, 5) is 16.5. The van der Waals surface area contributed by atoms with Gasteiger partial charge >= 0.3 is 0 Å². The predicted octanol–water partition coefficient (Wildman–Crippen LogP) is 1.83. The monoisotopic (exact) mass is 228 g/mol. The maximum atomic E-state index is 10.9. The molecule has 0 bridgehead atoms. The molecular formula is C8H9BrN2O. The van der Waals surface area contributed by atoms with Crippen LogP contribution in [0.3, 0.4) is 0 Å². The fourth-order valence-corrected chi connectivity index (χ4v) is 1.06. The van der Waals surface area contributed by atoms with Gasteiger partial charge in [-0.1, -0.05) is 15.9 Å². The molecule has 0 fully saturated rings. The van der Waals surface area contributed by atoms with Gasteiger partial charge in [0.1, 0.15) is 5.82 Å². The second-order valence-corrected chi connectivity index (χ2v) is 3.33. The van der Waals surface area contributed by atoms with E-state index in [1.807, 2.05) is 6.07 Å². The minimum atomic E-state index is -0.0272. The van der Waals surface area contributed by atoms with Crippen molar-refractivity contribution in [3.8, 4) is 0 Å². The van der Waals surface area contributed by atoms with Crippen LogP contribution >= 0.6 is 15.9 Å². The molecular weight excluding hydrogens is 220 g/mol. The van der Waals surface area contributed by atoms with Gasteiger partial charge in [-0.15, -0.1) is 0 Å². The summed E-state index contributed by atoms with van der Waals surface area (Å²) in [5.41, 5.74) is 0. The van der Waals surface area contributed by atoms with Crippen molar-refractivity contribution in [2.45, 2.75) is 6.92 Å². The molecule has 0 aliphatic heterocycles. The van der Waals surface area contributed by atoms with E-state index in [1.54, 1.807) is 19.3 Å². The lowest BCUT2D eigenvalue weighted by Gasteiger charge is -2.12. The first kappa shape index (κ1) is 9.19. The lowest BCUT2D eigenvalue weighted by molar-refractivity contribution is -0.116. The third-order valence-electron chi connectivity index (χ3n) is 1.52. The van der Waals surface area contributed by atoms with Gasteiger partial charge in [-0.05, 0) is 12.1 Å². The van der Waals surface area contributed by atoms with Crippen LogP contribution in [0, 0.1) is 0 Å². The van der Waals surface area contributed by atoms with E-state index in [2.05, 4.69) is 20.9 Å². The number of halogens is 1. The Morgan fingerprint density at radius 3 is 2.83 bits per heavy atom. The predicted molar refractivity (Wildman–Crippen MR) is 51.0 cm³/mol. The summed E-state index contributed by atoms with van der Waals surface area (Å²) in [6.07, 6.45) is 1.65. The van der Waals surface area contributed by atoms with E-state index in [-0.39, 0.29) is 5.91 Å². The minimum Gasteiger partial charge on any atom is -0.300 e. The zero-order valence-electron chi connectivity index (χ0n) is 6.91. The standard InChI is InChI=1S/C8H9BrN2O/c1-6(12)11(2)8-5-7(9)3-4-10-8/h3-5H,1-2H3. The molecule has 1 amide bonds. The van der Waals surface area contributed by atoms with Gasteiger partial charge in [0.2, 0.25) is 5.91 Å². The maximum absolute atomic E-state index is 10.9. The molecule has 1 rings (SSSR count). The number of anilines is 1. The summed E-state index contributed by atoms with van der Waals surface area (Å²) in [7, 11) is 1.69. The van der Waals surface area contributed by atoms with Gasteiger partial charge in [0.25, 0.3) is 0 Å². The van der Waals surface area contributed by atoms with E-state index in [0.717, 1.165) is 4.47 Å². The van der Waals surface area contributed by atoms with Crippen LogP contribution in [0.15, 0.2) is 22.8 Å². The molecule has 0 radical (unpaired) electrons. The molecule has 12 heavy (non-hydrogen) atoms. The SMILES string of the molecule is CC(=O)N(C)c1cc(Br)ccn1. The number of pyridine rings is 1. The Bertz CT molecular complexity index is 301. The summed E-state index contributed by atoms with van der Waals surface area (Å²) < 4.78 is 0.917. The van der Waals surface area contributed by atoms with Crippen LogP contribution in [0.25, 0.3) is 0 Å². The van der Waals surface area contributed by atoms with Crippen molar-refractivity contribution in [1.82, 2.24) is 4.98 Å². The number of nitrogens with zero attached hydrogens (tertiary/aromatic N) is 2. The first-order valence-electron chi connectivity index (χ1n) is 3.47. The molecule has 0 aliphatic rings. The van der Waals surface area contributed by atoms with Gasteiger partial charge in [0.05, 0.1) is 0 Å². The summed E-state index contributed by atoms with van der Waals surface area (Å²) >= 11 is 3.30. The number of hydrogen-bond donors (Lipinski definition) is 0. The summed E-state index contributed by atoms with van der Waals surface area (Å²) in [5, 5.41) is 0. The Kier molecular flexibility index (Phi) is 2.81. The van der Waals surface area contributed by atoms with Crippen molar-refractivity contribution in [3.63, 3.8) is 0 Å². The highest BCUT2D eigenvalue weighted by Gasteiger charge is 2.05. The number of rotatable bonds is 1. The minimum absolute atomic E-state index is 0.0272. The molecule has 0 aromatic carbocycles. The Balaban J connectivity index is 2.95. The fraction of sp³-hybridized carbons (Fsp3) is 0.250. The fourth-order valence-electron chi connectivity index (χ4n) is 0.738. The third kappa shape index (κ3) is 2.04. The number of carbonyl (C=O) groups is 1. The molecule has 0 saturated heterocycles. The molecule has 0 saturated carbocycles. The molecule has 1 aromatic heterocycles. The van der Waals surface area contributed by atoms with E-state index < -0.39 is 0 Å². The van der Waals surface area contributed by atoms with Gasteiger partial charge in [-0.3, -0.25) is 4.79 Å². The van der Waals surface area contributed by atoms with Crippen LogP contribution in [-0.4, -0.2) is 17.9 Å². The third-order valence-corrected chi connectivity index (χ3v) is 2.02. The molecule has 64 valence electrons. The van der Waals surface area contributed by atoms with E-state index >= 15 is 0 Å². The van der Waals surface area contributed by atoms with Crippen molar-refractivity contribution in [2.24, 2.45) is 0 Å². The van der Waals surface area contributed by atoms with Gasteiger partial charge < -0.3 is 4.90 Å². The zero-order valence-corrected chi connectivity index (χ0v) is 8.50. The van der Waals surface area contributed by atoms with Gasteiger partial charge in [-0.25, -0.2) is 4.98 Å². The highest BCUT2D eigenvalue weighted by atomic mass is 79.9. The average molecular weight is 229 g/mol. The van der Waals surface area contributed by atoms with Crippen LogP contribution in [0.1, 0.15) is 6.92 Å². The molecule has 0 N–H and O–H groups in total. The maximum Gasteiger partial charge on any atom is 0.224 e. The van der Waals surface area contributed by atoms with Crippen LogP contribution in [0.5, 0.6) is 0 Å². The molecule has 0 spiro atoms. The zero-order chi connectivity index (χ0) is 9.14. The first-order valence-corrected chi connectivity index (χ1v) is 4.26. The van der Waals surface area contributed by atoms with E-state index in [0.29, 0.717) is 5.82 Å². The lowest BCUT2D eigenvalue weighted by atomic mass is 10.4. The van der Waals surface area contributed by atoms with E-state index in [9.17, 15) is 4.79 Å². The largest absolute Gasteiger partial charge is 0.300 e. The Morgan fingerprint density at radius 2 is 2.33 bits per heavy atom. The molecule has 4 heteroatoms. The number of hydrogen-bond acceptors (Lipinski definition) is 2. The normalized spacial score (nSPS) is 9.58. The number of carbonyl (C=O) groups excluding carboxylic acids is 1. The van der Waals surface area contributed by atoms with Crippen molar-refractivity contribution >= 4 is 27.7 Å². The first-order chi connectivity index (χ1) is 5.61. The summed E-state index contributed by atoms with van der Waals surface area (Å²) in [6, 6.07) is 3.61. The van der Waals surface area contributed by atoms with Crippen molar-refractivity contribution in [3.05, 3.63) is 22.8 Å². The van der Waals surface area contributed by atoms with E-state index in [4.69, 9.17) is 0 Å². The second-order valence-electron chi connectivity index (χ2n) is 2.41. The Labute approximate surface area is 79.5 Å². The summed E-state index contributed by atoms with van der Waals surface area (Å²) in [6.45, 7) is 1.50. The highest BCUT2D eigenvalue weighted by Crippen LogP contribution is 2.15. The Morgan fingerprint density at radius 1 is 1.67 bits per heavy atom. The van der Waals surface area contributed by atoms with Crippen LogP contribution in [-0.2, 0) is 4.79 Å².